The van der Waals surface area contributed by atoms with Crippen molar-refractivity contribution in [2.45, 2.75) is 24.7 Å². The normalized spacial score (nSPS) is 17.5. The summed E-state index contributed by atoms with van der Waals surface area (Å²) in [5.41, 5.74) is 1.09. The molecule has 4 heteroatoms. The Morgan fingerprint density at radius 3 is 2.29 bits per heavy atom. The predicted molar refractivity (Wildman–Crippen MR) is 68.9 cm³/mol. The number of hydrogen-bond donors (Lipinski definition) is 0. The van der Waals surface area contributed by atoms with E-state index in [4.69, 9.17) is 0 Å². The smallest absolute Gasteiger partial charge is 0.179 e. The highest BCUT2D eigenvalue weighted by molar-refractivity contribution is 7.91. The van der Waals surface area contributed by atoms with Gasteiger partial charge in [-0.15, -0.1) is 0 Å². The van der Waals surface area contributed by atoms with Gasteiger partial charge >= 0.3 is 0 Å². The van der Waals surface area contributed by atoms with Crippen molar-refractivity contribution in [1.29, 1.82) is 0 Å². The van der Waals surface area contributed by atoms with Gasteiger partial charge in [0, 0.05) is 6.54 Å². The first-order valence-corrected chi connectivity index (χ1v) is 7.75. The molecule has 0 bridgehead atoms. The topological polar surface area (TPSA) is 37.4 Å². The van der Waals surface area contributed by atoms with Gasteiger partial charge < -0.3 is 4.90 Å². The maximum atomic E-state index is 12.1. The zero-order chi connectivity index (χ0) is 12.3. The van der Waals surface area contributed by atoms with E-state index in [9.17, 15) is 8.42 Å². The summed E-state index contributed by atoms with van der Waals surface area (Å²) in [5, 5.41) is 0. The summed E-state index contributed by atoms with van der Waals surface area (Å²) in [6.07, 6.45) is 2.40. The molecule has 1 aromatic carbocycles. The number of sulfone groups is 1. The Morgan fingerprint density at radius 1 is 1.12 bits per heavy atom. The van der Waals surface area contributed by atoms with Crippen LogP contribution in [0.2, 0.25) is 0 Å². The molecule has 1 aromatic rings. The molecule has 0 amide bonds. The summed E-state index contributed by atoms with van der Waals surface area (Å²) in [5.74, 6) is 0.232. The quantitative estimate of drug-likeness (QED) is 0.822. The highest BCUT2D eigenvalue weighted by atomic mass is 32.2. The van der Waals surface area contributed by atoms with Crippen molar-refractivity contribution in [3.8, 4) is 0 Å². The molecule has 0 spiro atoms. The van der Waals surface area contributed by atoms with E-state index in [-0.39, 0.29) is 5.75 Å². The summed E-state index contributed by atoms with van der Waals surface area (Å²) in [4.78, 5) is 2.67. The van der Waals surface area contributed by atoms with Gasteiger partial charge in [-0.1, -0.05) is 17.7 Å². The largest absolute Gasteiger partial charge is 0.302 e. The van der Waals surface area contributed by atoms with Gasteiger partial charge in [0.05, 0.1) is 10.6 Å². The molecule has 0 aromatic heterocycles. The lowest BCUT2D eigenvalue weighted by Gasteiger charge is -2.14. The molecule has 1 fully saturated rings. The Balaban J connectivity index is 2.00. The minimum absolute atomic E-state index is 0.232. The van der Waals surface area contributed by atoms with Crippen molar-refractivity contribution in [3.63, 3.8) is 0 Å². The zero-order valence-electron chi connectivity index (χ0n) is 10.2. The summed E-state index contributed by atoms with van der Waals surface area (Å²) in [6.45, 7) is 4.71. The maximum absolute atomic E-state index is 12.1. The van der Waals surface area contributed by atoms with Gasteiger partial charge in [-0.3, -0.25) is 0 Å². The zero-order valence-corrected chi connectivity index (χ0v) is 11.0. The fraction of sp³-hybridized carbons (Fsp3) is 0.538. The van der Waals surface area contributed by atoms with E-state index in [1.807, 2.05) is 19.1 Å². The average Bonchev–Trinajstić information content (AvgIpc) is 2.80. The van der Waals surface area contributed by atoms with Crippen molar-refractivity contribution in [2.24, 2.45) is 0 Å². The number of likely N-dealkylation sites (tertiary alicyclic amines) is 1. The Morgan fingerprint density at radius 2 is 1.71 bits per heavy atom. The second kappa shape index (κ2) is 5.19. The van der Waals surface area contributed by atoms with Crippen LogP contribution in [0.15, 0.2) is 29.2 Å². The Hall–Kier alpha value is -0.870. The molecule has 1 heterocycles. The molecule has 0 saturated carbocycles. The first-order chi connectivity index (χ1) is 8.08. The minimum atomic E-state index is -3.11. The van der Waals surface area contributed by atoms with E-state index < -0.39 is 9.84 Å². The monoisotopic (exact) mass is 253 g/mol. The van der Waals surface area contributed by atoms with E-state index in [0.29, 0.717) is 11.4 Å². The lowest BCUT2D eigenvalue weighted by Crippen LogP contribution is -2.26. The van der Waals surface area contributed by atoms with Gasteiger partial charge in [-0.2, -0.15) is 0 Å². The van der Waals surface area contributed by atoms with Crippen LogP contribution >= 0.6 is 0 Å². The standard InChI is InChI=1S/C13H19NO2S/c1-12-4-6-13(7-5-12)17(15,16)11-10-14-8-2-3-9-14/h4-7H,2-3,8-11H2,1H3. The molecule has 1 aliphatic heterocycles. The Bertz CT molecular complexity index is 459. The second-order valence-corrected chi connectivity index (χ2v) is 6.79. The third kappa shape index (κ3) is 3.30. The summed E-state index contributed by atoms with van der Waals surface area (Å²) >= 11 is 0. The number of nitrogens with zero attached hydrogens (tertiary/aromatic N) is 1. The molecule has 17 heavy (non-hydrogen) atoms. The SMILES string of the molecule is Cc1ccc(S(=O)(=O)CCN2CCCC2)cc1. The first kappa shape index (κ1) is 12.6. The van der Waals surface area contributed by atoms with Crippen molar-refractivity contribution < 1.29 is 8.42 Å². The van der Waals surface area contributed by atoms with Crippen LogP contribution in [-0.4, -0.2) is 38.7 Å². The molecule has 0 aliphatic carbocycles. The number of hydrogen-bond acceptors (Lipinski definition) is 3. The maximum Gasteiger partial charge on any atom is 0.179 e. The summed E-state index contributed by atoms with van der Waals surface area (Å²) in [7, 11) is -3.11. The van der Waals surface area contributed by atoms with Crippen molar-refractivity contribution in [3.05, 3.63) is 29.8 Å². The molecule has 1 saturated heterocycles. The molecule has 3 nitrogen and oxygen atoms in total. The van der Waals surface area contributed by atoms with Crippen molar-refractivity contribution in [2.75, 3.05) is 25.4 Å². The highest BCUT2D eigenvalue weighted by Gasteiger charge is 2.18. The molecular formula is C13H19NO2S. The third-order valence-corrected chi connectivity index (χ3v) is 4.97. The molecule has 2 rings (SSSR count). The van der Waals surface area contributed by atoms with E-state index in [1.54, 1.807) is 12.1 Å². The lowest BCUT2D eigenvalue weighted by molar-refractivity contribution is 0.359. The molecule has 0 atom stereocenters. The van der Waals surface area contributed by atoms with E-state index in [1.165, 1.54) is 12.8 Å². The third-order valence-electron chi connectivity index (χ3n) is 3.26. The fourth-order valence-electron chi connectivity index (χ4n) is 2.12. The van der Waals surface area contributed by atoms with Crippen LogP contribution in [0.1, 0.15) is 18.4 Å². The van der Waals surface area contributed by atoms with Gasteiger partial charge in [0.15, 0.2) is 9.84 Å². The van der Waals surface area contributed by atoms with Crippen LogP contribution in [-0.2, 0) is 9.84 Å². The van der Waals surface area contributed by atoms with Gasteiger partial charge in [0.1, 0.15) is 0 Å². The average molecular weight is 253 g/mol. The molecule has 0 N–H and O–H groups in total. The number of rotatable bonds is 4. The number of benzene rings is 1. The molecular weight excluding hydrogens is 234 g/mol. The molecule has 94 valence electrons. The van der Waals surface area contributed by atoms with Crippen molar-refractivity contribution >= 4 is 9.84 Å². The van der Waals surface area contributed by atoms with Crippen molar-refractivity contribution in [1.82, 2.24) is 4.90 Å². The first-order valence-electron chi connectivity index (χ1n) is 6.10. The van der Waals surface area contributed by atoms with Gasteiger partial charge in [0.2, 0.25) is 0 Å². The predicted octanol–water partition coefficient (Wildman–Crippen LogP) is 1.86. The Kier molecular flexibility index (Phi) is 3.84. The van der Waals surface area contributed by atoms with E-state index in [0.717, 1.165) is 18.7 Å². The van der Waals surface area contributed by atoms with Crippen LogP contribution in [0.5, 0.6) is 0 Å². The highest BCUT2D eigenvalue weighted by Crippen LogP contribution is 2.14. The second-order valence-electron chi connectivity index (χ2n) is 4.68. The van der Waals surface area contributed by atoms with Crippen LogP contribution in [0, 0.1) is 6.92 Å². The van der Waals surface area contributed by atoms with Gasteiger partial charge in [0.25, 0.3) is 0 Å². The number of aryl methyl sites for hydroxylation is 1. The van der Waals surface area contributed by atoms with Crippen LogP contribution in [0.3, 0.4) is 0 Å². The van der Waals surface area contributed by atoms with E-state index in [2.05, 4.69) is 4.90 Å². The van der Waals surface area contributed by atoms with E-state index >= 15 is 0 Å². The molecule has 0 radical (unpaired) electrons. The minimum Gasteiger partial charge on any atom is -0.302 e. The molecule has 1 aliphatic rings. The van der Waals surface area contributed by atoms with Gasteiger partial charge in [-0.25, -0.2) is 8.42 Å². The lowest BCUT2D eigenvalue weighted by atomic mass is 10.2. The van der Waals surface area contributed by atoms with Crippen LogP contribution < -0.4 is 0 Å². The molecule has 0 unspecified atom stereocenters. The summed E-state index contributed by atoms with van der Waals surface area (Å²) in [6, 6.07) is 7.11. The Labute approximate surface area is 103 Å². The summed E-state index contributed by atoms with van der Waals surface area (Å²) < 4.78 is 24.1. The fourth-order valence-corrected chi connectivity index (χ4v) is 3.40. The van der Waals surface area contributed by atoms with Crippen LogP contribution in [0.4, 0.5) is 0 Å². The van der Waals surface area contributed by atoms with Gasteiger partial charge in [-0.05, 0) is 45.0 Å². The van der Waals surface area contributed by atoms with Crippen LogP contribution in [0.25, 0.3) is 0 Å².